The number of hydrogen-bond acceptors (Lipinski definition) is 6. The van der Waals surface area contributed by atoms with Crippen LogP contribution in [0.25, 0.3) is 5.69 Å². The van der Waals surface area contributed by atoms with Gasteiger partial charge >= 0.3 is 5.69 Å². The number of rotatable bonds is 6. The second-order valence-corrected chi connectivity index (χ2v) is 6.27. The van der Waals surface area contributed by atoms with Gasteiger partial charge < -0.3 is 5.32 Å². The van der Waals surface area contributed by atoms with Crippen LogP contribution in [0.1, 0.15) is 6.92 Å². The van der Waals surface area contributed by atoms with Gasteiger partial charge in [-0.1, -0.05) is 23.4 Å². The van der Waals surface area contributed by atoms with Crippen molar-refractivity contribution in [2.75, 3.05) is 11.1 Å². The van der Waals surface area contributed by atoms with E-state index in [-0.39, 0.29) is 17.3 Å². The van der Waals surface area contributed by atoms with Crippen molar-refractivity contribution in [2.24, 2.45) is 0 Å². The molecule has 9 nitrogen and oxygen atoms in total. The van der Waals surface area contributed by atoms with Crippen LogP contribution in [0.4, 0.5) is 5.69 Å². The zero-order valence-corrected chi connectivity index (χ0v) is 14.7. The molecule has 0 bridgehead atoms. The molecule has 130 valence electrons. The number of amides is 1. The zero-order chi connectivity index (χ0) is 17.8. The molecule has 1 aromatic carbocycles. The van der Waals surface area contributed by atoms with E-state index < -0.39 is 0 Å². The second kappa shape index (κ2) is 7.53. The summed E-state index contributed by atoms with van der Waals surface area (Å²) in [4.78, 5) is 27.7. The zero-order valence-electron chi connectivity index (χ0n) is 13.1. The number of nitrogens with zero attached hydrogens (tertiary/aromatic N) is 5. The third kappa shape index (κ3) is 3.91. The predicted octanol–water partition coefficient (Wildman–Crippen LogP) is 1.56. The van der Waals surface area contributed by atoms with Crippen molar-refractivity contribution in [3.63, 3.8) is 0 Å². The SMILES string of the molecule is CCn1c(SCC(=O)Nc2cc(Cl)ccc2-n2cncn2)n[nH]c1=O. The fourth-order valence-electron chi connectivity index (χ4n) is 2.15. The lowest BCUT2D eigenvalue weighted by Crippen LogP contribution is -2.18. The Morgan fingerprint density at radius 3 is 3.00 bits per heavy atom. The van der Waals surface area contributed by atoms with Gasteiger partial charge in [-0.25, -0.2) is 19.6 Å². The molecule has 0 aliphatic rings. The topological polar surface area (TPSA) is 110 Å². The van der Waals surface area contributed by atoms with Crippen molar-refractivity contribution in [3.05, 3.63) is 46.4 Å². The quantitative estimate of drug-likeness (QED) is 0.629. The van der Waals surface area contributed by atoms with Crippen LogP contribution in [0.5, 0.6) is 0 Å². The van der Waals surface area contributed by atoms with Crippen LogP contribution in [0.15, 0.2) is 40.8 Å². The average molecular weight is 380 g/mol. The average Bonchev–Trinajstić information content (AvgIpc) is 3.23. The van der Waals surface area contributed by atoms with E-state index in [4.69, 9.17) is 11.6 Å². The first-order valence-corrected chi connectivity index (χ1v) is 8.67. The number of aromatic amines is 1. The summed E-state index contributed by atoms with van der Waals surface area (Å²) in [6.07, 6.45) is 2.93. The number of carbonyl (C=O) groups is 1. The highest BCUT2D eigenvalue weighted by molar-refractivity contribution is 7.99. The highest BCUT2D eigenvalue weighted by Gasteiger charge is 2.13. The first-order valence-electron chi connectivity index (χ1n) is 7.31. The molecule has 11 heteroatoms. The molecule has 3 rings (SSSR count). The predicted molar refractivity (Wildman–Crippen MR) is 94.2 cm³/mol. The highest BCUT2D eigenvalue weighted by Crippen LogP contribution is 2.24. The van der Waals surface area contributed by atoms with Gasteiger partial charge in [0.2, 0.25) is 5.91 Å². The largest absolute Gasteiger partial charge is 0.343 e. The van der Waals surface area contributed by atoms with E-state index in [0.29, 0.717) is 28.1 Å². The first-order chi connectivity index (χ1) is 12.1. The van der Waals surface area contributed by atoms with Crippen LogP contribution >= 0.6 is 23.4 Å². The summed E-state index contributed by atoms with van der Waals surface area (Å²) in [5, 5.41) is 14.1. The second-order valence-electron chi connectivity index (χ2n) is 4.89. The fourth-order valence-corrected chi connectivity index (χ4v) is 3.13. The molecule has 0 saturated carbocycles. The molecule has 2 aromatic heterocycles. The molecule has 0 fully saturated rings. The van der Waals surface area contributed by atoms with E-state index in [1.165, 1.54) is 33.7 Å². The van der Waals surface area contributed by atoms with E-state index in [0.717, 1.165) is 0 Å². The monoisotopic (exact) mass is 379 g/mol. The molecule has 2 N–H and O–H groups in total. The Hall–Kier alpha value is -2.59. The maximum absolute atomic E-state index is 12.3. The molecule has 1 amide bonds. The maximum Gasteiger partial charge on any atom is 0.343 e. The third-order valence-corrected chi connectivity index (χ3v) is 4.48. The minimum Gasteiger partial charge on any atom is -0.323 e. The molecule has 0 unspecified atom stereocenters. The van der Waals surface area contributed by atoms with Gasteiger partial charge in [0.05, 0.1) is 17.1 Å². The lowest BCUT2D eigenvalue weighted by atomic mass is 10.2. The van der Waals surface area contributed by atoms with Gasteiger partial charge in [-0.2, -0.15) is 5.10 Å². The molecular formula is C14H14ClN7O2S. The number of thioether (sulfide) groups is 1. The summed E-state index contributed by atoms with van der Waals surface area (Å²) in [5.41, 5.74) is 0.859. The molecule has 0 aliphatic heterocycles. The molecule has 25 heavy (non-hydrogen) atoms. The Morgan fingerprint density at radius 1 is 1.44 bits per heavy atom. The van der Waals surface area contributed by atoms with Crippen molar-refractivity contribution in [2.45, 2.75) is 18.6 Å². The van der Waals surface area contributed by atoms with Gasteiger partial charge in [-0.05, 0) is 25.1 Å². The lowest BCUT2D eigenvalue weighted by molar-refractivity contribution is -0.113. The number of nitrogens with one attached hydrogen (secondary N) is 2. The molecule has 3 aromatic rings. The number of hydrogen-bond donors (Lipinski definition) is 2. The number of carbonyl (C=O) groups excluding carboxylic acids is 1. The number of anilines is 1. The van der Waals surface area contributed by atoms with Gasteiger partial charge in [0, 0.05) is 11.6 Å². The number of H-pyrrole nitrogens is 1. The Balaban J connectivity index is 1.73. The molecule has 0 atom stereocenters. The Morgan fingerprint density at radius 2 is 2.28 bits per heavy atom. The van der Waals surface area contributed by atoms with Crippen LogP contribution in [0.3, 0.4) is 0 Å². The van der Waals surface area contributed by atoms with Gasteiger partial charge in [-0.3, -0.25) is 9.36 Å². The minimum atomic E-state index is -0.297. The van der Waals surface area contributed by atoms with Crippen molar-refractivity contribution >= 4 is 35.0 Å². The van der Waals surface area contributed by atoms with E-state index in [1.54, 1.807) is 18.2 Å². The summed E-state index contributed by atoms with van der Waals surface area (Å²) < 4.78 is 2.99. The third-order valence-electron chi connectivity index (χ3n) is 3.27. The van der Waals surface area contributed by atoms with Crippen LogP contribution in [0, 0.1) is 0 Å². The summed E-state index contributed by atoms with van der Waals surface area (Å²) in [6, 6.07) is 5.08. The van der Waals surface area contributed by atoms with Gasteiger partial charge in [0.1, 0.15) is 12.7 Å². The van der Waals surface area contributed by atoms with Crippen LogP contribution < -0.4 is 11.0 Å². The first kappa shape index (κ1) is 17.2. The normalized spacial score (nSPS) is 10.8. The summed E-state index contributed by atoms with van der Waals surface area (Å²) in [7, 11) is 0. The van der Waals surface area contributed by atoms with Crippen molar-refractivity contribution in [3.8, 4) is 5.69 Å². The Bertz CT molecular complexity index is 935. The maximum atomic E-state index is 12.3. The molecule has 0 aliphatic carbocycles. The van der Waals surface area contributed by atoms with Crippen LogP contribution in [-0.2, 0) is 11.3 Å². The van der Waals surface area contributed by atoms with Crippen LogP contribution in [-0.4, -0.2) is 41.2 Å². The van der Waals surface area contributed by atoms with Crippen LogP contribution in [0.2, 0.25) is 5.02 Å². The molecule has 0 saturated heterocycles. The highest BCUT2D eigenvalue weighted by atomic mass is 35.5. The summed E-state index contributed by atoms with van der Waals surface area (Å²) in [6.45, 7) is 2.31. The minimum absolute atomic E-state index is 0.0909. The standard InChI is InChI=1S/C14H14ClN7O2S/c1-2-21-13(24)19-20-14(21)25-6-12(23)18-10-5-9(15)3-4-11(10)22-8-16-7-17-22/h3-5,7-8H,2,6H2,1H3,(H,18,23)(H,19,24). The van der Waals surface area contributed by atoms with Gasteiger partial charge in [-0.15, -0.1) is 5.10 Å². The van der Waals surface area contributed by atoms with Crippen molar-refractivity contribution < 1.29 is 4.79 Å². The van der Waals surface area contributed by atoms with Gasteiger partial charge in [0.25, 0.3) is 0 Å². The molecule has 0 spiro atoms. The van der Waals surface area contributed by atoms with E-state index >= 15 is 0 Å². The molecular weight excluding hydrogens is 366 g/mol. The van der Waals surface area contributed by atoms with Crippen molar-refractivity contribution in [1.29, 1.82) is 0 Å². The molecule has 0 radical (unpaired) electrons. The Kier molecular flexibility index (Phi) is 5.19. The number of benzene rings is 1. The summed E-state index contributed by atoms with van der Waals surface area (Å²) in [5.74, 6) is -0.167. The van der Waals surface area contributed by atoms with Gasteiger partial charge in [0.15, 0.2) is 5.16 Å². The van der Waals surface area contributed by atoms with Crippen molar-refractivity contribution in [1.82, 2.24) is 29.5 Å². The molecule has 2 heterocycles. The number of aromatic nitrogens is 6. The van der Waals surface area contributed by atoms with E-state index in [2.05, 4.69) is 25.6 Å². The lowest BCUT2D eigenvalue weighted by Gasteiger charge is -2.11. The van der Waals surface area contributed by atoms with E-state index in [9.17, 15) is 9.59 Å². The van der Waals surface area contributed by atoms with E-state index in [1.807, 2.05) is 6.92 Å². The smallest absolute Gasteiger partial charge is 0.323 e. The fraction of sp³-hybridized carbons (Fsp3) is 0.214. The Labute approximate surface area is 151 Å². The summed E-state index contributed by atoms with van der Waals surface area (Å²) >= 11 is 7.19. The number of halogens is 1.